The van der Waals surface area contributed by atoms with Crippen molar-refractivity contribution >= 4 is 11.9 Å². The van der Waals surface area contributed by atoms with Crippen molar-refractivity contribution in [2.75, 3.05) is 13.2 Å². The molecule has 0 aliphatic carbocycles. The van der Waals surface area contributed by atoms with Crippen LogP contribution in [0, 0.1) is 0 Å². The van der Waals surface area contributed by atoms with E-state index in [4.69, 9.17) is 9.47 Å². The summed E-state index contributed by atoms with van der Waals surface area (Å²) in [6.07, 6.45) is 108. The van der Waals surface area contributed by atoms with Crippen molar-refractivity contribution < 1.29 is 24.2 Å². The topological polar surface area (TPSA) is 72.8 Å². The molecule has 0 heterocycles. The van der Waals surface area contributed by atoms with Crippen molar-refractivity contribution in [3.63, 3.8) is 0 Å². The molecule has 0 aliphatic rings. The molecule has 0 saturated carbocycles. The average molecular weight is 1200 g/mol. The van der Waals surface area contributed by atoms with Gasteiger partial charge in [-0.25, -0.2) is 0 Å². The molecule has 500 valence electrons. The van der Waals surface area contributed by atoms with Gasteiger partial charge in [-0.2, -0.15) is 0 Å². The summed E-state index contributed by atoms with van der Waals surface area (Å²) in [6, 6.07) is 0. The Morgan fingerprint density at radius 2 is 0.500 bits per heavy atom. The predicted octanol–water partition coefficient (Wildman–Crippen LogP) is 26.8. The molecule has 86 heavy (non-hydrogen) atoms. The molecule has 0 fully saturated rings. The van der Waals surface area contributed by atoms with Gasteiger partial charge >= 0.3 is 11.9 Å². The van der Waals surface area contributed by atoms with Crippen molar-refractivity contribution in [1.29, 1.82) is 0 Å². The largest absolute Gasteiger partial charge is 0.462 e. The molecule has 0 aromatic heterocycles. The normalized spacial score (nSPS) is 12.6. The van der Waals surface area contributed by atoms with E-state index in [1.807, 2.05) is 0 Å². The molecule has 0 amide bonds. The van der Waals surface area contributed by atoms with Gasteiger partial charge in [0.25, 0.3) is 0 Å². The fourth-order valence-corrected chi connectivity index (χ4v) is 11.5. The molecule has 0 rings (SSSR count). The van der Waals surface area contributed by atoms with Gasteiger partial charge in [-0.3, -0.25) is 9.59 Å². The minimum Gasteiger partial charge on any atom is -0.462 e. The first-order valence-corrected chi connectivity index (χ1v) is 38.1. The third kappa shape index (κ3) is 73.5. The van der Waals surface area contributed by atoms with E-state index in [9.17, 15) is 14.7 Å². The average Bonchev–Trinajstić information content (AvgIpc) is 3.55. The van der Waals surface area contributed by atoms with Crippen LogP contribution in [0.2, 0.25) is 0 Å². The predicted molar refractivity (Wildman–Crippen MR) is 380 cm³/mol. The number of esters is 2. The lowest BCUT2D eigenvalue weighted by atomic mass is 10.0. The molecule has 5 heteroatoms. The van der Waals surface area contributed by atoms with Crippen LogP contribution in [0.4, 0.5) is 0 Å². The molecular weight excluding hydrogens is 1050 g/mol. The van der Waals surface area contributed by atoms with Crippen molar-refractivity contribution in [2.45, 2.75) is 405 Å². The van der Waals surface area contributed by atoms with Crippen LogP contribution in [0.1, 0.15) is 399 Å². The molecule has 5 nitrogen and oxygen atoms in total. The molecule has 1 atom stereocenters. The Balaban J connectivity index is 3.41. The number of aliphatic hydroxyl groups excluding tert-OH is 1. The first-order chi connectivity index (χ1) is 42.6. The summed E-state index contributed by atoms with van der Waals surface area (Å²) in [7, 11) is 0. The maximum Gasteiger partial charge on any atom is 0.306 e. The molecule has 1 unspecified atom stereocenters. The van der Waals surface area contributed by atoms with Gasteiger partial charge in [-0.05, 0) is 70.6 Å². The monoisotopic (exact) mass is 1200 g/mol. The van der Waals surface area contributed by atoms with E-state index in [1.54, 1.807) is 0 Å². The first-order valence-electron chi connectivity index (χ1n) is 38.1. The standard InChI is InChI=1S/C81H146O5/c1-3-5-7-9-11-13-15-17-19-21-23-25-27-29-31-33-35-37-38-39-40-41-42-44-46-48-50-52-54-56-58-60-62-64-66-68-70-72-74-76-81(84)86-79(77-82)78-85-80(83)75-73-71-69-67-65-63-61-59-57-55-53-51-49-47-45-43-36-34-32-30-28-26-24-22-20-18-16-14-12-10-8-6-4-2/h5,7,11,13,17,19,23,25,29,31,35,37,39-40,79,82H,3-4,6,8-10,12,14-16,18,20-22,24,26-28,30,32-34,36,38,41-78H2,1-2H3/b7-5-,13-11-,19-17-,25-23-,31-29-,37-35-,40-39-. The van der Waals surface area contributed by atoms with Gasteiger partial charge in [0.05, 0.1) is 6.61 Å². The maximum absolute atomic E-state index is 12.4. The molecule has 0 radical (unpaired) electrons. The van der Waals surface area contributed by atoms with Gasteiger partial charge in [-0.1, -0.05) is 401 Å². The third-order valence-corrected chi connectivity index (χ3v) is 17.2. The summed E-state index contributed by atoms with van der Waals surface area (Å²) in [5.74, 6) is -0.570. The lowest BCUT2D eigenvalue weighted by Crippen LogP contribution is -2.28. The van der Waals surface area contributed by atoms with E-state index in [0.29, 0.717) is 12.8 Å². The van der Waals surface area contributed by atoms with Crippen molar-refractivity contribution in [3.8, 4) is 0 Å². The summed E-state index contributed by atoms with van der Waals surface area (Å²) >= 11 is 0. The second-order valence-corrected chi connectivity index (χ2v) is 25.7. The highest BCUT2D eigenvalue weighted by Gasteiger charge is 2.16. The molecular formula is C81H146O5. The molecule has 0 aromatic carbocycles. The second kappa shape index (κ2) is 76.3. The number of hydrogen-bond acceptors (Lipinski definition) is 5. The van der Waals surface area contributed by atoms with E-state index in [0.717, 1.165) is 77.0 Å². The summed E-state index contributed by atoms with van der Waals surface area (Å²) < 4.78 is 10.8. The molecule has 0 aliphatic heterocycles. The van der Waals surface area contributed by atoms with Crippen LogP contribution in [-0.2, 0) is 19.1 Å². The smallest absolute Gasteiger partial charge is 0.306 e. The first kappa shape index (κ1) is 83.1. The van der Waals surface area contributed by atoms with Gasteiger partial charge in [0.2, 0.25) is 0 Å². The summed E-state index contributed by atoms with van der Waals surface area (Å²) in [5.41, 5.74) is 0. The summed E-state index contributed by atoms with van der Waals surface area (Å²) in [5, 5.41) is 9.72. The maximum atomic E-state index is 12.4. The highest BCUT2D eigenvalue weighted by molar-refractivity contribution is 5.70. The van der Waals surface area contributed by atoms with E-state index in [-0.39, 0.29) is 25.2 Å². The van der Waals surface area contributed by atoms with Crippen LogP contribution in [0.25, 0.3) is 0 Å². The number of allylic oxidation sites excluding steroid dienone is 14. The molecule has 0 saturated heterocycles. The van der Waals surface area contributed by atoms with E-state index in [1.165, 1.54) is 295 Å². The lowest BCUT2D eigenvalue weighted by molar-refractivity contribution is -0.161. The second-order valence-electron chi connectivity index (χ2n) is 25.7. The fourth-order valence-electron chi connectivity index (χ4n) is 11.5. The minimum atomic E-state index is -0.774. The zero-order valence-electron chi connectivity index (χ0n) is 57.6. The van der Waals surface area contributed by atoms with E-state index >= 15 is 0 Å². The van der Waals surface area contributed by atoms with Gasteiger partial charge < -0.3 is 14.6 Å². The zero-order valence-corrected chi connectivity index (χ0v) is 57.6. The molecule has 0 aromatic rings. The Morgan fingerprint density at radius 1 is 0.279 bits per heavy atom. The van der Waals surface area contributed by atoms with Crippen LogP contribution in [0.3, 0.4) is 0 Å². The van der Waals surface area contributed by atoms with Crippen LogP contribution in [-0.4, -0.2) is 36.4 Å². The van der Waals surface area contributed by atoms with Crippen LogP contribution < -0.4 is 0 Å². The lowest BCUT2D eigenvalue weighted by Gasteiger charge is -2.15. The van der Waals surface area contributed by atoms with E-state index < -0.39 is 6.10 Å². The Hall–Kier alpha value is -2.92. The van der Waals surface area contributed by atoms with Gasteiger partial charge in [0, 0.05) is 12.8 Å². The van der Waals surface area contributed by atoms with Crippen molar-refractivity contribution in [3.05, 3.63) is 85.1 Å². The SMILES string of the molecule is CC/C=C\C/C=C\C/C=C\C/C=C\C/C=C\C/C=C\C/C=C\CCCCCCCCCCCCCCCCCCCC(=O)OC(CO)COC(=O)CCCCCCCCCCCCCCCCCCCCCCCCCCCCCCCCCCC. The van der Waals surface area contributed by atoms with E-state index in [2.05, 4.69) is 98.9 Å². The van der Waals surface area contributed by atoms with Crippen molar-refractivity contribution in [2.24, 2.45) is 0 Å². The van der Waals surface area contributed by atoms with Gasteiger partial charge in [-0.15, -0.1) is 0 Å². The van der Waals surface area contributed by atoms with Crippen LogP contribution >= 0.6 is 0 Å². The summed E-state index contributed by atoms with van der Waals surface area (Å²) in [4.78, 5) is 24.7. The fraction of sp³-hybridized carbons (Fsp3) is 0.802. The number of aliphatic hydroxyl groups is 1. The highest BCUT2D eigenvalue weighted by atomic mass is 16.6. The molecule has 1 N–H and O–H groups in total. The summed E-state index contributed by atoms with van der Waals surface area (Å²) in [6.45, 7) is 4.08. The molecule has 0 spiro atoms. The zero-order chi connectivity index (χ0) is 61.9. The third-order valence-electron chi connectivity index (χ3n) is 17.2. The van der Waals surface area contributed by atoms with Gasteiger partial charge in [0.15, 0.2) is 6.10 Å². The molecule has 0 bridgehead atoms. The number of rotatable bonds is 71. The Kier molecular flexibility index (Phi) is 73.7. The van der Waals surface area contributed by atoms with Crippen LogP contribution in [0.15, 0.2) is 85.1 Å². The minimum absolute atomic E-state index is 0.0620. The number of carbonyl (C=O) groups excluding carboxylic acids is 2. The number of hydrogen-bond donors (Lipinski definition) is 1. The highest BCUT2D eigenvalue weighted by Crippen LogP contribution is 2.19. The van der Waals surface area contributed by atoms with Gasteiger partial charge in [0.1, 0.15) is 6.61 Å². The Morgan fingerprint density at radius 3 is 0.756 bits per heavy atom. The number of ether oxygens (including phenoxy) is 2. The number of unbranched alkanes of at least 4 members (excludes halogenated alkanes) is 49. The number of carbonyl (C=O) groups is 2. The van der Waals surface area contributed by atoms with Crippen LogP contribution in [0.5, 0.6) is 0 Å². The Labute approximate surface area is 536 Å². The Bertz CT molecular complexity index is 1550. The van der Waals surface area contributed by atoms with Crippen molar-refractivity contribution in [1.82, 2.24) is 0 Å². The quantitative estimate of drug-likeness (QED) is 0.0373.